The van der Waals surface area contributed by atoms with Gasteiger partial charge in [-0.1, -0.05) is 24.3 Å². The van der Waals surface area contributed by atoms with Crippen molar-refractivity contribution in [2.45, 2.75) is 13.0 Å². The standard InChI is InChI=1S/C16H15N5O/c17-16(22)14-5-7-18-15(20-14)10-12-3-1-4-13(9-12)11-21-8-2-6-19-21/h1-9H,10-11H2,(H2,17,22). The third kappa shape index (κ3) is 3.35. The van der Waals surface area contributed by atoms with Gasteiger partial charge in [-0.3, -0.25) is 9.48 Å². The van der Waals surface area contributed by atoms with Gasteiger partial charge in [-0.15, -0.1) is 0 Å². The molecule has 0 aliphatic heterocycles. The van der Waals surface area contributed by atoms with E-state index in [0.29, 0.717) is 18.8 Å². The Morgan fingerprint density at radius 2 is 2.00 bits per heavy atom. The molecule has 2 aromatic heterocycles. The van der Waals surface area contributed by atoms with Crippen molar-refractivity contribution in [2.75, 3.05) is 0 Å². The molecule has 22 heavy (non-hydrogen) atoms. The molecule has 0 fully saturated rings. The number of amides is 1. The number of carbonyl (C=O) groups excluding carboxylic acids is 1. The van der Waals surface area contributed by atoms with Gasteiger partial charge in [0.05, 0.1) is 6.54 Å². The first-order chi connectivity index (χ1) is 10.7. The van der Waals surface area contributed by atoms with Gasteiger partial charge in [0.15, 0.2) is 0 Å². The van der Waals surface area contributed by atoms with E-state index < -0.39 is 5.91 Å². The van der Waals surface area contributed by atoms with Gasteiger partial charge in [0.1, 0.15) is 11.5 Å². The summed E-state index contributed by atoms with van der Waals surface area (Å²) in [5.74, 6) is 0.0311. The molecule has 1 aromatic carbocycles. The van der Waals surface area contributed by atoms with E-state index in [1.165, 1.54) is 6.07 Å². The molecule has 0 spiro atoms. The fraction of sp³-hybridized carbons (Fsp3) is 0.125. The van der Waals surface area contributed by atoms with Crippen molar-refractivity contribution in [1.82, 2.24) is 19.7 Å². The van der Waals surface area contributed by atoms with Gasteiger partial charge in [0.2, 0.25) is 0 Å². The molecule has 6 heteroatoms. The van der Waals surface area contributed by atoms with Crippen molar-refractivity contribution in [3.63, 3.8) is 0 Å². The topological polar surface area (TPSA) is 86.7 Å². The number of hydrogen-bond donors (Lipinski definition) is 1. The van der Waals surface area contributed by atoms with E-state index in [4.69, 9.17) is 5.73 Å². The Balaban J connectivity index is 1.78. The number of carbonyl (C=O) groups is 1. The van der Waals surface area contributed by atoms with E-state index >= 15 is 0 Å². The summed E-state index contributed by atoms with van der Waals surface area (Å²) in [5, 5.41) is 4.20. The molecule has 110 valence electrons. The molecule has 1 amide bonds. The highest BCUT2D eigenvalue weighted by Crippen LogP contribution is 2.10. The molecule has 0 aliphatic carbocycles. The Kier molecular flexibility index (Phi) is 3.91. The van der Waals surface area contributed by atoms with Crippen molar-refractivity contribution in [3.05, 3.63) is 77.6 Å². The first kappa shape index (κ1) is 13.9. The molecule has 6 nitrogen and oxygen atoms in total. The lowest BCUT2D eigenvalue weighted by Crippen LogP contribution is -2.14. The van der Waals surface area contributed by atoms with Crippen LogP contribution in [0.25, 0.3) is 0 Å². The lowest BCUT2D eigenvalue weighted by Gasteiger charge is -2.06. The van der Waals surface area contributed by atoms with Gasteiger partial charge in [0, 0.05) is 25.0 Å². The fourth-order valence-electron chi connectivity index (χ4n) is 2.22. The van der Waals surface area contributed by atoms with Crippen LogP contribution in [0.2, 0.25) is 0 Å². The van der Waals surface area contributed by atoms with Crippen LogP contribution < -0.4 is 5.73 Å². The van der Waals surface area contributed by atoms with Crippen molar-refractivity contribution in [1.29, 1.82) is 0 Å². The van der Waals surface area contributed by atoms with Crippen LogP contribution in [0.5, 0.6) is 0 Å². The Bertz CT molecular complexity index is 783. The first-order valence-corrected chi connectivity index (χ1v) is 6.88. The van der Waals surface area contributed by atoms with Crippen molar-refractivity contribution >= 4 is 5.91 Å². The number of hydrogen-bond acceptors (Lipinski definition) is 4. The summed E-state index contributed by atoms with van der Waals surface area (Å²) in [5.41, 5.74) is 7.69. The molecular formula is C16H15N5O. The van der Waals surface area contributed by atoms with E-state index in [1.54, 1.807) is 12.4 Å². The summed E-state index contributed by atoms with van der Waals surface area (Å²) >= 11 is 0. The zero-order valence-electron chi connectivity index (χ0n) is 11.9. The van der Waals surface area contributed by atoms with Crippen LogP contribution in [-0.2, 0) is 13.0 Å². The number of primary amides is 1. The highest BCUT2D eigenvalue weighted by Gasteiger charge is 2.06. The molecule has 3 aromatic rings. The molecular weight excluding hydrogens is 278 g/mol. The Hall–Kier alpha value is -3.02. The summed E-state index contributed by atoms with van der Waals surface area (Å²) < 4.78 is 1.86. The average molecular weight is 293 g/mol. The normalized spacial score (nSPS) is 10.5. The second-order valence-electron chi connectivity index (χ2n) is 4.92. The second kappa shape index (κ2) is 6.17. The number of aromatic nitrogens is 4. The monoisotopic (exact) mass is 293 g/mol. The van der Waals surface area contributed by atoms with Crippen LogP contribution in [0.3, 0.4) is 0 Å². The number of rotatable bonds is 5. The Morgan fingerprint density at radius 1 is 1.14 bits per heavy atom. The number of nitrogens with zero attached hydrogens (tertiary/aromatic N) is 4. The maximum Gasteiger partial charge on any atom is 0.267 e. The molecule has 0 atom stereocenters. The van der Waals surface area contributed by atoms with Gasteiger partial charge in [0.25, 0.3) is 5.91 Å². The minimum atomic E-state index is -0.545. The smallest absolute Gasteiger partial charge is 0.267 e. The van der Waals surface area contributed by atoms with Gasteiger partial charge in [-0.2, -0.15) is 5.10 Å². The number of nitrogens with two attached hydrogens (primary N) is 1. The third-order valence-corrected chi connectivity index (χ3v) is 3.22. The van der Waals surface area contributed by atoms with E-state index in [-0.39, 0.29) is 5.69 Å². The molecule has 3 rings (SSSR count). The van der Waals surface area contributed by atoms with Crippen molar-refractivity contribution in [2.24, 2.45) is 5.73 Å². The van der Waals surface area contributed by atoms with Crippen LogP contribution in [0.4, 0.5) is 0 Å². The maximum atomic E-state index is 11.2. The van der Waals surface area contributed by atoms with Gasteiger partial charge < -0.3 is 5.73 Å². The molecule has 0 saturated heterocycles. The highest BCUT2D eigenvalue weighted by atomic mass is 16.1. The molecule has 0 saturated carbocycles. The van der Waals surface area contributed by atoms with Crippen LogP contribution in [0.1, 0.15) is 27.4 Å². The van der Waals surface area contributed by atoms with Crippen molar-refractivity contribution in [3.8, 4) is 0 Å². The lowest BCUT2D eigenvalue weighted by molar-refractivity contribution is 0.0995. The Labute approximate surface area is 127 Å². The zero-order valence-corrected chi connectivity index (χ0v) is 11.9. The molecule has 2 N–H and O–H groups in total. The number of benzene rings is 1. The zero-order chi connectivity index (χ0) is 15.4. The fourth-order valence-corrected chi connectivity index (χ4v) is 2.22. The lowest BCUT2D eigenvalue weighted by atomic mass is 10.1. The predicted octanol–water partition coefficient (Wildman–Crippen LogP) is 1.41. The SMILES string of the molecule is NC(=O)c1ccnc(Cc2cccc(Cn3cccn3)c2)n1. The van der Waals surface area contributed by atoms with E-state index in [0.717, 1.165) is 11.1 Å². The second-order valence-corrected chi connectivity index (χ2v) is 4.92. The van der Waals surface area contributed by atoms with Crippen LogP contribution >= 0.6 is 0 Å². The summed E-state index contributed by atoms with van der Waals surface area (Å²) in [6.45, 7) is 0.711. The van der Waals surface area contributed by atoms with Crippen LogP contribution in [0, 0.1) is 0 Å². The van der Waals surface area contributed by atoms with Crippen LogP contribution in [-0.4, -0.2) is 25.7 Å². The van der Waals surface area contributed by atoms with Crippen molar-refractivity contribution < 1.29 is 4.79 Å². The molecule has 0 aliphatic rings. The maximum absolute atomic E-state index is 11.2. The van der Waals surface area contributed by atoms with E-state index in [9.17, 15) is 4.79 Å². The molecule has 0 unspecified atom stereocenters. The molecule has 2 heterocycles. The van der Waals surface area contributed by atoms with E-state index in [1.807, 2.05) is 35.1 Å². The molecule has 0 bridgehead atoms. The summed E-state index contributed by atoms with van der Waals surface area (Å²) in [6.07, 6.45) is 5.78. The summed E-state index contributed by atoms with van der Waals surface area (Å²) in [7, 11) is 0. The van der Waals surface area contributed by atoms with Crippen LogP contribution in [0.15, 0.2) is 55.0 Å². The van der Waals surface area contributed by atoms with Gasteiger partial charge in [-0.05, 0) is 23.3 Å². The summed E-state index contributed by atoms with van der Waals surface area (Å²) in [6, 6.07) is 11.5. The molecule has 0 radical (unpaired) electrons. The minimum absolute atomic E-state index is 0.234. The highest BCUT2D eigenvalue weighted by molar-refractivity contribution is 5.90. The predicted molar refractivity (Wildman–Crippen MR) is 81.1 cm³/mol. The van der Waals surface area contributed by atoms with Gasteiger partial charge in [-0.25, -0.2) is 9.97 Å². The first-order valence-electron chi connectivity index (χ1n) is 6.88. The third-order valence-electron chi connectivity index (χ3n) is 3.22. The quantitative estimate of drug-likeness (QED) is 0.770. The minimum Gasteiger partial charge on any atom is -0.364 e. The largest absolute Gasteiger partial charge is 0.364 e. The Morgan fingerprint density at radius 3 is 2.77 bits per heavy atom. The van der Waals surface area contributed by atoms with E-state index in [2.05, 4.69) is 21.1 Å². The average Bonchev–Trinajstić information content (AvgIpc) is 3.01. The summed E-state index contributed by atoms with van der Waals surface area (Å²) in [4.78, 5) is 19.5. The van der Waals surface area contributed by atoms with Gasteiger partial charge >= 0.3 is 0 Å².